The van der Waals surface area contributed by atoms with Gasteiger partial charge in [0.05, 0.1) is 11.2 Å². The fraction of sp³-hybridized carbons (Fsp3) is 0.188. The van der Waals surface area contributed by atoms with E-state index in [-0.39, 0.29) is 11.5 Å². The highest BCUT2D eigenvalue weighted by Crippen LogP contribution is 2.30. The van der Waals surface area contributed by atoms with E-state index in [1.54, 1.807) is 12.3 Å². The molecule has 3 rings (SSSR count). The van der Waals surface area contributed by atoms with E-state index < -0.39 is 0 Å². The van der Waals surface area contributed by atoms with Gasteiger partial charge in [0, 0.05) is 27.7 Å². The van der Waals surface area contributed by atoms with Crippen molar-refractivity contribution < 1.29 is 0 Å². The molecule has 0 atom stereocenters. The summed E-state index contributed by atoms with van der Waals surface area (Å²) in [5.41, 5.74) is 2.28. The van der Waals surface area contributed by atoms with E-state index in [0.717, 1.165) is 26.6 Å². The van der Waals surface area contributed by atoms with Gasteiger partial charge in [-0.15, -0.1) is 0 Å². The number of rotatable bonds is 2. The Balaban J connectivity index is 2.31. The van der Waals surface area contributed by atoms with Crippen molar-refractivity contribution in [3.8, 4) is 11.4 Å². The molecule has 0 saturated heterocycles. The number of pyridine rings is 1. The molecular weight excluding hydrogens is 330 g/mol. The Kier molecular flexibility index (Phi) is 3.59. The number of hydrogen-bond donors (Lipinski definition) is 1. The Labute approximate surface area is 130 Å². The predicted octanol–water partition coefficient (Wildman–Crippen LogP) is 3.87. The van der Waals surface area contributed by atoms with Gasteiger partial charge in [0.15, 0.2) is 0 Å². The summed E-state index contributed by atoms with van der Waals surface area (Å²) in [6.45, 7) is 4.03. The van der Waals surface area contributed by atoms with Gasteiger partial charge in [-0.2, -0.15) is 0 Å². The van der Waals surface area contributed by atoms with Gasteiger partial charge in [0.1, 0.15) is 5.82 Å². The third-order valence-electron chi connectivity index (χ3n) is 3.32. The third kappa shape index (κ3) is 2.61. The summed E-state index contributed by atoms with van der Waals surface area (Å²) in [7, 11) is 0. The molecular formula is C16H14BrN3O. The second-order valence-corrected chi connectivity index (χ2v) is 6.02. The summed E-state index contributed by atoms with van der Waals surface area (Å²) in [4.78, 5) is 23.7. The number of benzene rings is 1. The number of nitrogens with zero attached hydrogens (tertiary/aromatic N) is 2. The maximum Gasteiger partial charge on any atom is 0.251 e. The zero-order chi connectivity index (χ0) is 15.0. The normalized spacial score (nSPS) is 11.2. The van der Waals surface area contributed by atoms with Crippen LogP contribution in [0.25, 0.3) is 22.3 Å². The molecule has 0 aliphatic heterocycles. The van der Waals surface area contributed by atoms with Crippen LogP contribution in [-0.4, -0.2) is 15.0 Å². The summed E-state index contributed by atoms with van der Waals surface area (Å²) in [5, 5.41) is 0.993. The molecule has 0 aliphatic rings. The van der Waals surface area contributed by atoms with Gasteiger partial charge in [-0.3, -0.25) is 9.78 Å². The Morgan fingerprint density at radius 1 is 1.24 bits per heavy atom. The summed E-state index contributed by atoms with van der Waals surface area (Å²) in [5.74, 6) is 0.753. The van der Waals surface area contributed by atoms with E-state index in [2.05, 4.69) is 30.9 Å². The zero-order valence-electron chi connectivity index (χ0n) is 11.7. The van der Waals surface area contributed by atoms with Crippen molar-refractivity contribution in [3.63, 3.8) is 0 Å². The van der Waals surface area contributed by atoms with E-state index in [9.17, 15) is 4.79 Å². The monoisotopic (exact) mass is 343 g/mol. The summed E-state index contributed by atoms with van der Waals surface area (Å²) in [6, 6.07) is 9.28. The van der Waals surface area contributed by atoms with Crippen LogP contribution in [-0.2, 0) is 0 Å². The highest BCUT2D eigenvalue weighted by Gasteiger charge is 2.12. The lowest BCUT2D eigenvalue weighted by Gasteiger charge is -2.09. The lowest BCUT2D eigenvalue weighted by atomic mass is 10.1. The van der Waals surface area contributed by atoms with E-state index in [0.29, 0.717) is 5.82 Å². The molecule has 0 bridgehead atoms. The highest BCUT2D eigenvalue weighted by molar-refractivity contribution is 9.10. The molecule has 0 radical (unpaired) electrons. The first-order valence-corrected chi connectivity index (χ1v) is 7.50. The van der Waals surface area contributed by atoms with Crippen LogP contribution >= 0.6 is 15.9 Å². The van der Waals surface area contributed by atoms with Gasteiger partial charge in [0.25, 0.3) is 5.56 Å². The maximum absolute atomic E-state index is 11.9. The number of nitrogens with one attached hydrogen (secondary N) is 1. The number of H-pyrrole nitrogens is 1. The Hall–Kier alpha value is -2.01. The quantitative estimate of drug-likeness (QED) is 0.768. The molecule has 0 fully saturated rings. The second kappa shape index (κ2) is 5.41. The lowest BCUT2D eigenvalue weighted by Crippen LogP contribution is -2.11. The van der Waals surface area contributed by atoms with E-state index in [1.165, 1.54) is 0 Å². The molecule has 106 valence electrons. The maximum atomic E-state index is 11.9. The SMILES string of the molecule is CC(C)c1cc(=O)[nH]c(-c2ccc(Br)c3cccnc23)n1. The fourth-order valence-corrected chi connectivity index (χ4v) is 2.68. The van der Waals surface area contributed by atoms with Crippen LogP contribution in [0.15, 0.2) is 45.8 Å². The molecule has 2 aromatic heterocycles. The van der Waals surface area contributed by atoms with Crippen LogP contribution in [0.4, 0.5) is 0 Å². The molecule has 0 aliphatic carbocycles. The largest absolute Gasteiger partial charge is 0.306 e. The van der Waals surface area contributed by atoms with Crippen molar-refractivity contribution in [1.29, 1.82) is 0 Å². The van der Waals surface area contributed by atoms with Crippen molar-refractivity contribution in [1.82, 2.24) is 15.0 Å². The van der Waals surface area contributed by atoms with Crippen LogP contribution in [0.1, 0.15) is 25.5 Å². The van der Waals surface area contributed by atoms with E-state index in [4.69, 9.17) is 0 Å². The second-order valence-electron chi connectivity index (χ2n) is 5.17. The number of aromatic nitrogens is 3. The van der Waals surface area contributed by atoms with Gasteiger partial charge in [-0.1, -0.05) is 35.8 Å². The molecule has 2 heterocycles. The van der Waals surface area contributed by atoms with Crippen LogP contribution < -0.4 is 5.56 Å². The van der Waals surface area contributed by atoms with E-state index in [1.807, 2.05) is 38.1 Å². The summed E-state index contributed by atoms with van der Waals surface area (Å²) >= 11 is 3.52. The highest BCUT2D eigenvalue weighted by atomic mass is 79.9. The Morgan fingerprint density at radius 3 is 2.81 bits per heavy atom. The molecule has 5 heteroatoms. The first kappa shape index (κ1) is 13.9. The first-order valence-electron chi connectivity index (χ1n) is 6.71. The number of halogens is 1. The molecule has 4 nitrogen and oxygen atoms in total. The topological polar surface area (TPSA) is 58.6 Å². The van der Waals surface area contributed by atoms with Crippen LogP contribution in [0.5, 0.6) is 0 Å². The molecule has 0 saturated carbocycles. The average Bonchev–Trinajstić information content (AvgIpc) is 2.47. The molecule has 21 heavy (non-hydrogen) atoms. The number of hydrogen-bond acceptors (Lipinski definition) is 3. The Bertz CT molecular complexity index is 871. The van der Waals surface area contributed by atoms with Gasteiger partial charge in [-0.25, -0.2) is 4.98 Å². The number of aromatic amines is 1. The minimum atomic E-state index is -0.143. The minimum absolute atomic E-state index is 0.143. The number of fused-ring (bicyclic) bond motifs is 1. The summed E-state index contributed by atoms with van der Waals surface area (Å²) in [6.07, 6.45) is 1.74. The standard InChI is InChI=1S/C16H14BrN3O/c1-9(2)13-8-14(21)20-16(19-13)11-5-6-12(17)10-4-3-7-18-15(10)11/h3-9H,1-2H3,(H,19,20,21). The fourth-order valence-electron chi connectivity index (χ4n) is 2.23. The van der Waals surface area contributed by atoms with Crippen molar-refractivity contribution in [2.24, 2.45) is 0 Å². The third-order valence-corrected chi connectivity index (χ3v) is 4.02. The lowest BCUT2D eigenvalue weighted by molar-refractivity contribution is 0.812. The van der Waals surface area contributed by atoms with Crippen LogP contribution in [0.2, 0.25) is 0 Å². The zero-order valence-corrected chi connectivity index (χ0v) is 13.3. The first-order chi connectivity index (χ1) is 10.1. The molecule has 1 N–H and O–H groups in total. The predicted molar refractivity (Wildman–Crippen MR) is 87.4 cm³/mol. The van der Waals surface area contributed by atoms with Crippen molar-refractivity contribution in [2.75, 3.05) is 0 Å². The van der Waals surface area contributed by atoms with Crippen molar-refractivity contribution >= 4 is 26.8 Å². The summed E-state index contributed by atoms with van der Waals surface area (Å²) < 4.78 is 0.969. The van der Waals surface area contributed by atoms with Crippen molar-refractivity contribution in [3.05, 3.63) is 57.0 Å². The van der Waals surface area contributed by atoms with Crippen LogP contribution in [0.3, 0.4) is 0 Å². The molecule has 0 unspecified atom stereocenters. The molecule has 0 amide bonds. The minimum Gasteiger partial charge on any atom is -0.306 e. The smallest absolute Gasteiger partial charge is 0.251 e. The Morgan fingerprint density at radius 2 is 2.05 bits per heavy atom. The molecule has 0 spiro atoms. The van der Waals surface area contributed by atoms with E-state index >= 15 is 0 Å². The molecule has 3 aromatic rings. The van der Waals surface area contributed by atoms with Crippen LogP contribution in [0, 0.1) is 0 Å². The average molecular weight is 344 g/mol. The van der Waals surface area contributed by atoms with Gasteiger partial charge in [-0.05, 0) is 24.1 Å². The molecule has 1 aromatic carbocycles. The van der Waals surface area contributed by atoms with Gasteiger partial charge in [0.2, 0.25) is 0 Å². The van der Waals surface area contributed by atoms with Gasteiger partial charge >= 0.3 is 0 Å². The van der Waals surface area contributed by atoms with Crippen molar-refractivity contribution in [2.45, 2.75) is 19.8 Å². The van der Waals surface area contributed by atoms with Gasteiger partial charge < -0.3 is 4.98 Å².